The third kappa shape index (κ3) is 2.86. The van der Waals surface area contributed by atoms with E-state index in [1.807, 2.05) is 0 Å². The van der Waals surface area contributed by atoms with Gasteiger partial charge in [-0.1, -0.05) is 6.07 Å². The first-order chi connectivity index (χ1) is 8.70. The Morgan fingerprint density at radius 1 is 1.33 bits per heavy atom. The number of hydrogen-bond acceptors (Lipinski definition) is 5. The summed E-state index contributed by atoms with van der Waals surface area (Å²) < 4.78 is 0. The molecule has 1 atom stereocenters. The second-order valence-electron chi connectivity index (χ2n) is 3.67. The highest BCUT2D eigenvalue weighted by Gasteiger charge is 2.11. The van der Waals surface area contributed by atoms with E-state index in [0.29, 0.717) is 10.7 Å². The number of hydrogen-bond donors (Lipinski definition) is 1. The molecule has 4 nitrogen and oxygen atoms in total. The average Bonchev–Trinajstić information content (AvgIpc) is 2.39. The van der Waals surface area contributed by atoms with Gasteiger partial charge in [-0.3, -0.25) is 0 Å². The molecule has 0 radical (unpaired) electrons. The van der Waals surface area contributed by atoms with E-state index in [9.17, 15) is 5.11 Å². The lowest BCUT2D eigenvalue weighted by Crippen LogP contribution is -1.95. The second kappa shape index (κ2) is 5.63. The molecule has 0 fully saturated rings. The normalized spacial score (nSPS) is 11.8. The Labute approximate surface area is 109 Å². The molecule has 2 rings (SSSR count). The molecule has 1 aromatic heterocycles. The zero-order chi connectivity index (χ0) is 13.0. The van der Waals surface area contributed by atoms with Gasteiger partial charge in [-0.15, -0.1) is 0 Å². The lowest BCUT2D eigenvalue weighted by molar-refractivity contribution is 0.196. The van der Waals surface area contributed by atoms with Gasteiger partial charge in [0, 0.05) is 17.3 Å². The van der Waals surface area contributed by atoms with Crippen LogP contribution < -0.4 is 0 Å². The van der Waals surface area contributed by atoms with Gasteiger partial charge in [0.05, 0.1) is 17.7 Å². The Bertz CT molecular complexity index is 579. The van der Waals surface area contributed by atoms with Crippen molar-refractivity contribution in [3.05, 3.63) is 47.8 Å². The molecule has 0 amide bonds. The number of aliphatic hydroxyl groups is 1. The van der Waals surface area contributed by atoms with Crippen LogP contribution in [0.1, 0.15) is 24.2 Å². The molecule has 90 valence electrons. The molecular weight excluding hydrogens is 246 g/mol. The molecule has 0 aliphatic heterocycles. The van der Waals surface area contributed by atoms with Crippen LogP contribution in [0.2, 0.25) is 0 Å². The van der Waals surface area contributed by atoms with Crippen molar-refractivity contribution in [2.45, 2.75) is 23.1 Å². The molecule has 0 saturated heterocycles. The Morgan fingerprint density at radius 2 is 2.06 bits per heavy atom. The predicted molar refractivity (Wildman–Crippen MR) is 67.9 cm³/mol. The predicted octanol–water partition coefficient (Wildman–Crippen LogP) is 2.55. The molecule has 0 spiro atoms. The van der Waals surface area contributed by atoms with Gasteiger partial charge < -0.3 is 5.11 Å². The summed E-state index contributed by atoms with van der Waals surface area (Å²) in [6.45, 7) is 1.69. The van der Waals surface area contributed by atoms with Crippen LogP contribution in [0.3, 0.4) is 0 Å². The molecule has 1 aromatic carbocycles. The first kappa shape index (κ1) is 12.6. The largest absolute Gasteiger partial charge is 0.389 e. The molecule has 0 aliphatic carbocycles. The van der Waals surface area contributed by atoms with E-state index < -0.39 is 6.10 Å². The number of nitrogens with zero attached hydrogens (tertiary/aromatic N) is 3. The van der Waals surface area contributed by atoms with Crippen molar-refractivity contribution >= 4 is 11.8 Å². The van der Waals surface area contributed by atoms with E-state index in [0.717, 1.165) is 10.5 Å². The highest BCUT2D eigenvalue weighted by molar-refractivity contribution is 7.99. The van der Waals surface area contributed by atoms with Gasteiger partial charge in [0.2, 0.25) is 0 Å². The molecule has 2 aromatic rings. The van der Waals surface area contributed by atoms with Crippen molar-refractivity contribution in [3.8, 4) is 6.07 Å². The van der Waals surface area contributed by atoms with Crippen LogP contribution >= 0.6 is 11.8 Å². The lowest BCUT2D eigenvalue weighted by Gasteiger charge is -2.10. The number of nitriles is 1. The van der Waals surface area contributed by atoms with Crippen LogP contribution in [-0.4, -0.2) is 15.1 Å². The summed E-state index contributed by atoms with van der Waals surface area (Å²) in [5.41, 5.74) is 1.32. The summed E-state index contributed by atoms with van der Waals surface area (Å²) in [4.78, 5) is 9.04. The van der Waals surface area contributed by atoms with Crippen LogP contribution in [0.15, 0.2) is 46.7 Å². The third-order valence-corrected chi connectivity index (χ3v) is 3.30. The average molecular weight is 257 g/mol. The maximum Gasteiger partial charge on any atom is 0.192 e. The minimum Gasteiger partial charge on any atom is -0.389 e. The highest BCUT2D eigenvalue weighted by atomic mass is 32.2. The van der Waals surface area contributed by atoms with Crippen molar-refractivity contribution in [3.63, 3.8) is 0 Å². The summed E-state index contributed by atoms with van der Waals surface area (Å²) in [5, 5.41) is 19.2. The van der Waals surface area contributed by atoms with Crippen LogP contribution in [0.25, 0.3) is 0 Å². The lowest BCUT2D eigenvalue weighted by atomic mass is 10.1. The Kier molecular flexibility index (Phi) is 3.92. The summed E-state index contributed by atoms with van der Waals surface area (Å²) >= 11 is 1.34. The van der Waals surface area contributed by atoms with E-state index >= 15 is 0 Å². The standard InChI is InChI=1S/C13H11N3OS/c1-9(17)11-4-3-10(8-14)7-12(11)18-13-15-5-2-6-16-13/h2-7,9,17H,1H3/t9-/m1/s1. The van der Waals surface area contributed by atoms with Crippen molar-refractivity contribution in [2.24, 2.45) is 0 Å². The quantitative estimate of drug-likeness (QED) is 0.856. The summed E-state index contributed by atoms with van der Waals surface area (Å²) in [7, 11) is 0. The number of aromatic nitrogens is 2. The summed E-state index contributed by atoms with van der Waals surface area (Å²) in [5.74, 6) is 0. The van der Waals surface area contributed by atoms with Crippen LogP contribution in [0, 0.1) is 11.3 Å². The first-order valence-corrected chi connectivity index (χ1v) is 6.19. The van der Waals surface area contributed by atoms with Gasteiger partial charge in [-0.2, -0.15) is 5.26 Å². The number of aliphatic hydroxyl groups excluding tert-OH is 1. The smallest absolute Gasteiger partial charge is 0.192 e. The molecule has 0 unspecified atom stereocenters. The Hall–Kier alpha value is -1.90. The fourth-order valence-electron chi connectivity index (χ4n) is 1.47. The zero-order valence-corrected chi connectivity index (χ0v) is 10.6. The van der Waals surface area contributed by atoms with Gasteiger partial charge in [-0.25, -0.2) is 9.97 Å². The van der Waals surface area contributed by atoms with E-state index in [1.54, 1.807) is 43.6 Å². The fourth-order valence-corrected chi connectivity index (χ4v) is 2.44. The number of rotatable bonds is 3. The molecule has 5 heteroatoms. The topological polar surface area (TPSA) is 69.8 Å². The minimum absolute atomic E-state index is 0.554. The fraction of sp³-hybridized carbons (Fsp3) is 0.154. The van der Waals surface area contributed by atoms with E-state index in [4.69, 9.17) is 5.26 Å². The highest BCUT2D eigenvalue weighted by Crippen LogP contribution is 2.31. The molecule has 1 heterocycles. The van der Waals surface area contributed by atoms with Gasteiger partial charge in [0.1, 0.15) is 0 Å². The maximum atomic E-state index is 9.71. The van der Waals surface area contributed by atoms with Gasteiger partial charge in [-0.05, 0) is 42.4 Å². The molecule has 0 bridgehead atoms. The summed E-state index contributed by atoms with van der Waals surface area (Å²) in [6, 6.07) is 9.01. The van der Waals surface area contributed by atoms with Gasteiger partial charge >= 0.3 is 0 Å². The molecule has 1 N–H and O–H groups in total. The van der Waals surface area contributed by atoms with Crippen molar-refractivity contribution < 1.29 is 5.11 Å². The minimum atomic E-state index is -0.594. The monoisotopic (exact) mass is 257 g/mol. The molecule has 0 saturated carbocycles. The zero-order valence-electron chi connectivity index (χ0n) is 9.74. The number of benzene rings is 1. The van der Waals surface area contributed by atoms with Crippen molar-refractivity contribution in [1.29, 1.82) is 5.26 Å². The molecule has 18 heavy (non-hydrogen) atoms. The van der Waals surface area contributed by atoms with Crippen LogP contribution in [0.4, 0.5) is 0 Å². The van der Waals surface area contributed by atoms with Crippen molar-refractivity contribution in [2.75, 3.05) is 0 Å². The molecule has 0 aliphatic rings. The van der Waals surface area contributed by atoms with Gasteiger partial charge in [0.25, 0.3) is 0 Å². The second-order valence-corrected chi connectivity index (χ2v) is 4.68. The van der Waals surface area contributed by atoms with Crippen LogP contribution in [-0.2, 0) is 0 Å². The Morgan fingerprint density at radius 3 is 2.67 bits per heavy atom. The van der Waals surface area contributed by atoms with Gasteiger partial charge in [0.15, 0.2) is 5.16 Å². The van der Waals surface area contributed by atoms with E-state index in [1.165, 1.54) is 11.8 Å². The summed E-state index contributed by atoms with van der Waals surface area (Å²) in [6.07, 6.45) is 2.72. The van der Waals surface area contributed by atoms with Crippen LogP contribution in [0.5, 0.6) is 0 Å². The third-order valence-electron chi connectivity index (χ3n) is 2.34. The van der Waals surface area contributed by atoms with Crippen molar-refractivity contribution in [1.82, 2.24) is 9.97 Å². The maximum absolute atomic E-state index is 9.71. The Balaban J connectivity index is 2.39. The molecular formula is C13H11N3OS. The van der Waals surface area contributed by atoms with E-state index in [2.05, 4.69) is 16.0 Å². The SMILES string of the molecule is C[C@@H](O)c1ccc(C#N)cc1Sc1ncccn1. The van der Waals surface area contributed by atoms with E-state index in [-0.39, 0.29) is 0 Å². The first-order valence-electron chi connectivity index (χ1n) is 5.37.